The fraction of sp³-hybridized carbons (Fsp3) is 0.826. The van der Waals surface area contributed by atoms with Crippen LogP contribution in [0.1, 0.15) is 79.6 Å². The number of amides is 2. The second-order valence-corrected chi connectivity index (χ2v) is 10.0. The molecule has 3 rings (SSSR count). The summed E-state index contributed by atoms with van der Waals surface area (Å²) in [6.45, 7) is 14.1. The van der Waals surface area contributed by atoms with Crippen molar-refractivity contribution in [2.45, 2.75) is 91.1 Å². The number of rotatable bonds is 4. The quantitative estimate of drug-likeness (QED) is 0.749. The van der Waals surface area contributed by atoms with E-state index in [1.807, 2.05) is 4.90 Å². The average Bonchev–Trinajstić information content (AvgIpc) is 2.90. The first-order chi connectivity index (χ1) is 13.1. The summed E-state index contributed by atoms with van der Waals surface area (Å²) in [7, 11) is 0. The normalized spacial score (nSPS) is 27.3. The number of piperidine rings is 1. The molecule has 0 saturated carbocycles. The van der Waals surface area contributed by atoms with Crippen LogP contribution in [0.25, 0.3) is 0 Å². The van der Waals surface area contributed by atoms with E-state index in [-0.39, 0.29) is 23.4 Å². The highest BCUT2D eigenvalue weighted by Gasteiger charge is 2.47. The molecule has 5 nitrogen and oxygen atoms in total. The summed E-state index contributed by atoms with van der Waals surface area (Å²) in [5.41, 5.74) is 3.68. The molecule has 2 heterocycles. The van der Waals surface area contributed by atoms with Gasteiger partial charge in [0.15, 0.2) is 0 Å². The Morgan fingerprint density at radius 1 is 1.14 bits per heavy atom. The summed E-state index contributed by atoms with van der Waals surface area (Å²) in [6, 6.07) is 0.232. The molecule has 5 heteroatoms. The van der Waals surface area contributed by atoms with Gasteiger partial charge in [-0.05, 0) is 57.3 Å². The van der Waals surface area contributed by atoms with Crippen LogP contribution < -0.4 is 5.32 Å². The predicted molar refractivity (Wildman–Crippen MR) is 113 cm³/mol. The van der Waals surface area contributed by atoms with Crippen LogP contribution in [0, 0.1) is 5.41 Å². The maximum atomic E-state index is 11.8. The molecule has 0 aromatic carbocycles. The molecular weight excluding hydrogens is 350 g/mol. The first-order valence-electron chi connectivity index (χ1n) is 11.1. The van der Waals surface area contributed by atoms with Crippen LogP contribution >= 0.6 is 0 Å². The Morgan fingerprint density at radius 2 is 1.82 bits per heavy atom. The number of nitrogens with one attached hydrogen (secondary N) is 1. The molecule has 3 aliphatic rings. The number of carbonyl (C=O) groups is 2. The van der Waals surface area contributed by atoms with Gasteiger partial charge in [0.05, 0.1) is 0 Å². The van der Waals surface area contributed by atoms with Crippen molar-refractivity contribution in [2.75, 3.05) is 26.2 Å². The molecule has 1 unspecified atom stereocenters. The summed E-state index contributed by atoms with van der Waals surface area (Å²) in [4.78, 5) is 28.1. The van der Waals surface area contributed by atoms with Gasteiger partial charge >= 0.3 is 0 Å². The molecule has 1 N–H and O–H groups in total. The van der Waals surface area contributed by atoms with E-state index in [4.69, 9.17) is 0 Å². The van der Waals surface area contributed by atoms with E-state index in [0.29, 0.717) is 5.41 Å². The SMILES string of the molecule is CC(=O)NC1CN(CCC2=C(C)CCCC2(C)C)C2(CCN(C(C)=O)CC2)C1. The maximum Gasteiger partial charge on any atom is 0.219 e. The van der Waals surface area contributed by atoms with Crippen molar-refractivity contribution in [3.8, 4) is 0 Å². The van der Waals surface area contributed by atoms with Crippen molar-refractivity contribution >= 4 is 11.8 Å². The van der Waals surface area contributed by atoms with E-state index in [9.17, 15) is 9.59 Å². The van der Waals surface area contributed by atoms with E-state index in [0.717, 1.165) is 51.9 Å². The molecule has 1 atom stereocenters. The van der Waals surface area contributed by atoms with Crippen molar-refractivity contribution in [3.05, 3.63) is 11.1 Å². The Hall–Kier alpha value is -1.36. The Bertz CT molecular complexity index is 644. The van der Waals surface area contributed by atoms with Gasteiger partial charge in [0, 0.05) is 51.6 Å². The minimum atomic E-state index is 0.0649. The van der Waals surface area contributed by atoms with Gasteiger partial charge < -0.3 is 10.2 Å². The Balaban J connectivity index is 1.73. The molecule has 2 amide bonds. The van der Waals surface area contributed by atoms with Gasteiger partial charge in [0.1, 0.15) is 0 Å². The fourth-order valence-corrected chi connectivity index (χ4v) is 6.06. The van der Waals surface area contributed by atoms with E-state index in [1.54, 1.807) is 25.0 Å². The second-order valence-electron chi connectivity index (χ2n) is 10.0. The third kappa shape index (κ3) is 4.45. The lowest BCUT2D eigenvalue weighted by molar-refractivity contribution is -0.131. The minimum absolute atomic E-state index is 0.0649. The van der Waals surface area contributed by atoms with E-state index in [2.05, 4.69) is 31.0 Å². The van der Waals surface area contributed by atoms with Gasteiger partial charge in [0.2, 0.25) is 11.8 Å². The highest BCUT2D eigenvalue weighted by atomic mass is 16.2. The maximum absolute atomic E-state index is 11.8. The Kier molecular flexibility index (Phi) is 6.23. The summed E-state index contributed by atoms with van der Waals surface area (Å²) >= 11 is 0. The van der Waals surface area contributed by atoms with Crippen molar-refractivity contribution in [2.24, 2.45) is 5.41 Å². The molecule has 0 radical (unpaired) electrons. The predicted octanol–water partition coefficient (Wildman–Crippen LogP) is 3.49. The molecule has 2 saturated heterocycles. The Labute approximate surface area is 170 Å². The number of hydrogen-bond acceptors (Lipinski definition) is 3. The van der Waals surface area contributed by atoms with Crippen LogP contribution in [0.2, 0.25) is 0 Å². The topological polar surface area (TPSA) is 52.7 Å². The molecule has 0 bridgehead atoms. The summed E-state index contributed by atoms with van der Waals surface area (Å²) in [6.07, 6.45) is 8.01. The van der Waals surface area contributed by atoms with Crippen LogP contribution in [0.4, 0.5) is 0 Å². The zero-order valence-electron chi connectivity index (χ0n) is 18.6. The lowest BCUT2D eigenvalue weighted by Gasteiger charge is -2.45. The highest BCUT2D eigenvalue weighted by molar-refractivity contribution is 5.73. The van der Waals surface area contributed by atoms with Gasteiger partial charge in [-0.3, -0.25) is 14.5 Å². The minimum Gasteiger partial charge on any atom is -0.352 e. The molecule has 2 fully saturated rings. The third-order valence-corrected chi connectivity index (χ3v) is 7.60. The van der Waals surface area contributed by atoms with Crippen LogP contribution in [0.15, 0.2) is 11.1 Å². The van der Waals surface area contributed by atoms with Crippen LogP contribution in [-0.2, 0) is 9.59 Å². The van der Waals surface area contributed by atoms with Crippen LogP contribution in [0.3, 0.4) is 0 Å². The van der Waals surface area contributed by atoms with Crippen molar-refractivity contribution in [1.82, 2.24) is 15.1 Å². The molecular formula is C23H39N3O2. The number of nitrogens with zero attached hydrogens (tertiary/aromatic N) is 2. The third-order valence-electron chi connectivity index (χ3n) is 7.60. The van der Waals surface area contributed by atoms with E-state index >= 15 is 0 Å². The molecule has 28 heavy (non-hydrogen) atoms. The molecule has 158 valence electrons. The van der Waals surface area contributed by atoms with Crippen LogP contribution in [-0.4, -0.2) is 59.4 Å². The van der Waals surface area contributed by atoms with Gasteiger partial charge in [-0.2, -0.15) is 0 Å². The molecule has 1 aliphatic carbocycles. The second kappa shape index (κ2) is 8.17. The number of carbonyl (C=O) groups excluding carboxylic acids is 2. The average molecular weight is 390 g/mol. The first-order valence-corrected chi connectivity index (χ1v) is 11.1. The van der Waals surface area contributed by atoms with Gasteiger partial charge in [-0.15, -0.1) is 0 Å². The highest BCUT2D eigenvalue weighted by Crippen LogP contribution is 2.44. The van der Waals surface area contributed by atoms with Crippen molar-refractivity contribution in [3.63, 3.8) is 0 Å². The standard InChI is InChI=1S/C23H39N3O2/c1-17-7-6-9-22(4,5)21(17)8-12-26-16-20(24-18(2)27)15-23(26)10-13-25(14-11-23)19(3)28/h20H,6-16H2,1-5H3,(H,24,27). The molecule has 0 aromatic rings. The largest absolute Gasteiger partial charge is 0.352 e. The zero-order valence-corrected chi connectivity index (χ0v) is 18.6. The van der Waals surface area contributed by atoms with Crippen molar-refractivity contribution in [1.29, 1.82) is 0 Å². The summed E-state index contributed by atoms with van der Waals surface area (Å²) in [5, 5.41) is 3.17. The molecule has 2 aliphatic heterocycles. The van der Waals surface area contributed by atoms with Crippen LogP contribution in [0.5, 0.6) is 0 Å². The van der Waals surface area contributed by atoms with E-state index in [1.165, 1.54) is 19.3 Å². The number of allylic oxidation sites excluding steroid dienone is 1. The van der Waals surface area contributed by atoms with Gasteiger partial charge in [-0.1, -0.05) is 25.0 Å². The molecule has 0 aromatic heterocycles. The lowest BCUT2D eigenvalue weighted by Crippen LogP contribution is -2.53. The van der Waals surface area contributed by atoms with E-state index < -0.39 is 0 Å². The van der Waals surface area contributed by atoms with Gasteiger partial charge in [0.25, 0.3) is 0 Å². The number of hydrogen-bond donors (Lipinski definition) is 1. The smallest absolute Gasteiger partial charge is 0.219 e. The molecule has 1 spiro atoms. The fourth-order valence-electron chi connectivity index (χ4n) is 6.06. The number of likely N-dealkylation sites (tertiary alicyclic amines) is 2. The lowest BCUT2D eigenvalue weighted by atomic mass is 9.71. The summed E-state index contributed by atoms with van der Waals surface area (Å²) in [5.74, 6) is 0.248. The van der Waals surface area contributed by atoms with Gasteiger partial charge in [-0.25, -0.2) is 0 Å². The zero-order chi connectivity index (χ0) is 20.5. The summed E-state index contributed by atoms with van der Waals surface area (Å²) < 4.78 is 0. The van der Waals surface area contributed by atoms with Crippen molar-refractivity contribution < 1.29 is 9.59 Å². The Morgan fingerprint density at radius 3 is 2.39 bits per heavy atom. The monoisotopic (exact) mass is 389 g/mol. The first kappa shape index (κ1) is 21.4.